The van der Waals surface area contributed by atoms with E-state index in [1.807, 2.05) is 30.3 Å². The van der Waals surface area contributed by atoms with Crippen molar-refractivity contribution in [2.24, 2.45) is 7.05 Å². The number of benzene rings is 1. The van der Waals surface area contributed by atoms with E-state index >= 15 is 0 Å². The highest BCUT2D eigenvalue weighted by atomic mass is 16.2. The molecular weight excluding hydrogens is 252 g/mol. The van der Waals surface area contributed by atoms with E-state index in [0.717, 1.165) is 5.56 Å². The van der Waals surface area contributed by atoms with Crippen molar-refractivity contribution in [1.29, 1.82) is 0 Å². The zero-order chi connectivity index (χ0) is 14.1. The fourth-order valence-corrected chi connectivity index (χ4v) is 2.69. The maximum absolute atomic E-state index is 12.7. The fraction of sp³-hybridized carbons (Fsp3) is 0.333. The van der Waals surface area contributed by atoms with Gasteiger partial charge in [-0.2, -0.15) is 5.10 Å². The number of fused-ring (bicyclic) bond motifs is 1. The first-order valence-corrected chi connectivity index (χ1v) is 6.70. The van der Waals surface area contributed by atoms with E-state index < -0.39 is 0 Å². The van der Waals surface area contributed by atoms with Gasteiger partial charge in [-0.15, -0.1) is 0 Å². The Balaban J connectivity index is 1.79. The van der Waals surface area contributed by atoms with Gasteiger partial charge in [0.05, 0.1) is 6.20 Å². The van der Waals surface area contributed by atoms with Gasteiger partial charge in [0.1, 0.15) is 6.04 Å². The number of amides is 1. The Bertz CT molecular complexity index is 609. The number of likely N-dealkylation sites (N-methyl/N-ethyl adjacent to an activating group) is 1. The van der Waals surface area contributed by atoms with Crippen LogP contribution in [-0.4, -0.2) is 27.6 Å². The summed E-state index contributed by atoms with van der Waals surface area (Å²) in [6, 6.07) is 7.87. The van der Waals surface area contributed by atoms with Crippen LogP contribution in [0.2, 0.25) is 0 Å². The lowest BCUT2D eigenvalue weighted by Crippen LogP contribution is -2.36. The Hall–Kier alpha value is -2.14. The van der Waals surface area contributed by atoms with Gasteiger partial charge in [0.25, 0.3) is 0 Å². The third-order valence-corrected chi connectivity index (χ3v) is 3.75. The molecule has 1 aliphatic heterocycles. The minimum Gasteiger partial charge on any atom is -0.332 e. The molecule has 2 aromatic rings. The van der Waals surface area contributed by atoms with Crippen molar-refractivity contribution >= 4 is 5.91 Å². The van der Waals surface area contributed by atoms with Crippen molar-refractivity contribution in [3.63, 3.8) is 0 Å². The molecule has 1 amide bonds. The molecule has 0 radical (unpaired) electrons. The topological polar surface area (TPSA) is 50.2 Å². The normalized spacial score (nSPS) is 15.2. The van der Waals surface area contributed by atoms with Gasteiger partial charge in [-0.3, -0.25) is 9.48 Å². The summed E-state index contributed by atoms with van der Waals surface area (Å²) in [5.74, 6) is 0.0942. The maximum Gasteiger partial charge on any atom is 0.245 e. The van der Waals surface area contributed by atoms with Crippen molar-refractivity contribution < 1.29 is 4.79 Å². The number of nitrogens with one attached hydrogen (secondary N) is 1. The molecule has 0 aliphatic carbocycles. The maximum atomic E-state index is 12.7. The van der Waals surface area contributed by atoms with Gasteiger partial charge >= 0.3 is 0 Å². The molecule has 1 aliphatic rings. The molecule has 0 saturated carbocycles. The number of hydrogen-bond acceptors (Lipinski definition) is 3. The summed E-state index contributed by atoms with van der Waals surface area (Å²) < 4.78 is 1.71. The summed E-state index contributed by atoms with van der Waals surface area (Å²) in [5, 5.41) is 7.23. The van der Waals surface area contributed by atoms with Crippen LogP contribution in [0.3, 0.4) is 0 Å². The first-order chi connectivity index (χ1) is 9.69. The van der Waals surface area contributed by atoms with Crippen molar-refractivity contribution in [3.05, 3.63) is 53.3 Å². The minimum atomic E-state index is -0.335. The van der Waals surface area contributed by atoms with Crippen LogP contribution in [0.5, 0.6) is 0 Å². The van der Waals surface area contributed by atoms with E-state index in [1.165, 1.54) is 11.1 Å². The largest absolute Gasteiger partial charge is 0.332 e. The molecule has 20 heavy (non-hydrogen) atoms. The zero-order valence-electron chi connectivity index (χ0n) is 11.7. The van der Waals surface area contributed by atoms with Crippen LogP contribution >= 0.6 is 0 Å². The van der Waals surface area contributed by atoms with E-state index in [2.05, 4.69) is 22.5 Å². The standard InChI is InChI=1S/C15H18N4O/c1-16-14(13-7-17-18(2)8-13)15(20)19-9-11-5-3-4-6-12(11)10-19/h3-8,14,16H,9-10H2,1-2H3. The SMILES string of the molecule is CNC(C(=O)N1Cc2ccccc2C1)c1cnn(C)c1. The second kappa shape index (κ2) is 5.09. The van der Waals surface area contributed by atoms with Crippen molar-refractivity contribution in [2.45, 2.75) is 19.1 Å². The molecule has 1 aromatic heterocycles. The lowest BCUT2D eigenvalue weighted by atomic mass is 10.1. The Morgan fingerprint density at radius 1 is 1.30 bits per heavy atom. The molecule has 5 nitrogen and oxygen atoms in total. The van der Waals surface area contributed by atoms with Crippen LogP contribution < -0.4 is 5.32 Å². The predicted octanol–water partition coefficient (Wildman–Crippen LogP) is 1.22. The van der Waals surface area contributed by atoms with E-state index in [1.54, 1.807) is 17.9 Å². The number of aromatic nitrogens is 2. The van der Waals surface area contributed by atoms with Gasteiger partial charge in [-0.05, 0) is 18.2 Å². The third-order valence-electron chi connectivity index (χ3n) is 3.75. The molecule has 1 N–H and O–H groups in total. The number of aryl methyl sites for hydroxylation is 1. The average molecular weight is 270 g/mol. The second-order valence-corrected chi connectivity index (χ2v) is 5.13. The van der Waals surface area contributed by atoms with E-state index in [0.29, 0.717) is 13.1 Å². The van der Waals surface area contributed by atoms with Crippen molar-refractivity contribution in [2.75, 3.05) is 7.05 Å². The molecule has 0 spiro atoms. The monoisotopic (exact) mass is 270 g/mol. The van der Waals surface area contributed by atoms with Crippen LogP contribution in [0.1, 0.15) is 22.7 Å². The van der Waals surface area contributed by atoms with E-state index in [-0.39, 0.29) is 11.9 Å². The molecule has 0 fully saturated rings. The molecule has 2 heterocycles. The summed E-state index contributed by atoms with van der Waals surface area (Å²) >= 11 is 0. The van der Waals surface area contributed by atoms with Gasteiger partial charge in [-0.25, -0.2) is 0 Å². The summed E-state index contributed by atoms with van der Waals surface area (Å²) in [5.41, 5.74) is 3.37. The van der Waals surface area contributed by atoms with Crippen molar-refractivity contribution in [1.82, 2.24) is 20.0 Å². The Labute approximate surface area is 118 Å². The minimum absolute atomic E-state index is 0.0942. The highest BCUT2D eigenvalue weighted by Gasteiger charge is 2.29. The predicted molar refractivity (Wildman–Crippen MR) is 75.7 cm³/mol. The van der Waals surface area contributed by atoms with Crippen LogP contribution in [0, 0.1) is 0 Å². The van der Waals surface area contributed by atoms with Crippen molar-refractivity contribution in [3.8, 4) is 0 Å². The molecule has 0 bridgehead atoms. The smallest absolute Gasteiger partial charge is 0.245 e. The first-order valence-electron chi connectivity index (χ1n) is 6.70. The fourth-order valence-electron chi connectivity index (χ4n) is 2.69. The van der Waals surface area contributed by atoms with Gasteiger partial charge < -0.3 is 10.2 Å². The molecule has 0 saturated heterocycles. The number of carbonyl (C=O) groups excluding carboxylic acids is 1. The van der Waals surface area contributed by atoms with Crippen LogP contribution in [0.25, 0.3) is 0 Å². The molecule has 1 unspecified atom stereocenters. The number of nitrogens with zero attached hydrogens (tertiary/aromatic N) is 3. The highest BCUT2D eigenvalue weighted by molar-refractivity contribution is 5.83. The van der Waals surface area contributed by atoms with Gasteiger partial charge in [-0.1, -0.05) is 24.3 Å². The summed E-state index contributed by atoms with van der Waals surface area (Å²) in [6.07, 6.45) is 3.62. The average Bonchev–Trinajstić information content (AvgIpc) is 3.05. The van der Waals surface area contributed by atoms with Gasteiger partial charge in [0.2, 0.25) is 5.91 Å². The Morgan fingerprint density at radius 2 is 1.95 bits per heavy atom. The zero-order valence-corrected chi connectivity index (χ0v) is 11.7. The van der Waals surface area contributed by atoms with Crippen LogP contribution in [0.15, 0.2) is 36.7 Å². The molecular formula is C15H18N4O. The van der Waals surface area contributed by atoms with Crippen LogP contribution in [0.4, 0.5) is 0 Å². The van der Waals surface area contributed by atoms with Crippen LogP contribution in [-0.2, 0) is 24.9 Å². The lowest BCUT2D eigenvalue weighted by Gasteiger charge is -2.22. The van der Waals surface area contributed by atoms with Gasteiger partial charge in [0, 0.05) is 31.9 Å². The third kappa shape index (κ3) is 2.20. The molecule has 1 aromatic carbocycles. The number of carbonyl (C=O) groups is 1. The molecule has 1 atom stereocenters. The van der Waals surface area contributed by atoms with E-state index in [9.17, 15) is 4.79 Å². The summed E-state index contributed by atoms with van der Waals surface area (Å²) in [4.78, 5) is 14.6. The quantitative estimate of drug-likeness (QED) is 0.912. The van der Waals surface area contributed by atoms with Gasteiger partial charge in [0.15, 0.2) is 0 Å². The second-order valence-electron chi connectivity index (χ2n) is 5.13. The lowest BCUT2D eigenvalue weighted by molar-refractivity contribution is -0.134. The summed E-state index contributed by atoms with van der Waals surface area (Å²) in [7, 11) is 3.66. The Morgan fingerprint density at radius 3 is 2.45 bits per heavy atom. The molecule has 3 rings (SSSR count). The molecule has 5 heteroatoms. The number of rotatable bonds is 3. The Kier molecular flexibility index (Phi) is 3.28. The first kappa shape index (κ1) is 12.9. The summed E-state index contributed by atoms with van der Waals surface area (Å²) in [6.45, 7) is 1.38. The number of hydrogen-bond donors (Lipinski definition) is 1. The molecule has 104 valence electrons. The highest BCUT2D eigenvalue weighted by Crippen LogP contribution is 2.25. The van der Waals surface area contributed by atoms with E-state index in [4.69, 9.17) is 0 Å².